The fourth-order valence-electron chi connectivity index (χ4n) is 1.95. The molecule has 15 heavy (non-hydrogen) atoms. The molecule has 1 aliphatic carbocycles. The van der Waals surface area contributed by atoms with Crippen molar-refractivity contribution in [1.82, 2.24) is 0 Å². The lowest BCUT2D eigenvalue weighted by Crippen LogP contribution is -2.32. The molecule has 0 radical (unpaired) electrons. The van der Waals surface area contributed by atoms with Crippen molar-refractivity contribution in [3.8, 4) is 6.07 Å². The number of halogens is 1. The minimum atomic E-state index is -0.400. The van der Waals surface area contributed by atoms with Gasteiger partial charge < -0.3 is 0 Å². The molecule has 0 unspecified atom stereocenters. The molecule has 0 bridgehead atoms. The second kappa shape index (κ2) is 3.67. The number of carbonyl (C=O) groups excluding carboxylic acids is 1. The summed E-state index contributed by atoms with van der Waals surface area (Å²) in [6.07, 6.45) is 3.56. The fourth-order valence-corrected chi connectivity index (χ4v) is 2.20. The lowest BCUT2D eigenvalue weighted by atomic mass is 9.65. The Morgan fingerprint density at radius 1 is 1.40 bits per heavy atom. The maximum atomic E-state index is 10.7. The molecule has 1 aliphatic rings. The normalized spacial score (nSPS) is 17.6. The van der Waals surface area contributed by atoms with E-state index in [1.165, 1.54) is 0 Å². The predicted octanol–water partition coefficient (Wildman–Crippen LogP) is 3.10. The molecule has 76 valence electrons. The van der Waals surface area contributed by atoms with Gasteiger partial charge in [0.15, 0.2) is 0 Å². The highest BCUT2D eigenvalue weighted by Gasteiger charge is 2.39. The molecule has 1 fully saturated rings. The number of carbonyl (C=O) groups is 1. The van der Waals surface area contributed by atoms with Crippen LogP contribution in [-0.2, 0) is 5.41 Å². The van der Waals surface area contributed by atoms with Crippen LogP contribution in [0.2, 0.25) is 5.02 Å². The van der Waals surface area contributed by atoms with Gasteiger partial charge in [-0.3, -0.25) is 4.79 Å². The van der Waals surface area contributed by atoms with Crippen LogP contribution in [0.1, 0.15) is 35.2 Å². The molecule has 2 rings (SSSR count). The molecule has 2 nitrogen and oxygen atoms in total. The Labute approximate surface area is 93.5 Å². The molecule has 3 heteroatoms. The van der Waals surface area contributed by atoms with E-state index in [1.54, 1.807) is 18.2 Å². The maximum absolute atomic E-state index is 10.7. The van der Waals surface area contributed by atoms with E-state index in [0.717, 1.165) is 31.1 Å². The van der Waals surface area contributed by atoms with Crippen molar-refractivity contribution in [2.24, 2.45) is 0 Å². The van der Waals surface area contributed by atoms with Gasteiger partial charge in [-0.15, -0.1) is 0 Å². The molecule has 1 aromatic carbocycles. The minimum absolute atomic E-state index is 0.400. The van der Waals surface area contributed by atoms with Gasteiger partial charge in [0.1, 0.15) is 6.29 Å². The van der Waals surface area contributed by atoms with Crippen molar-refractivity contribution in [1.29, 1.82) is 5.26 Å². The zero-order chi connectivity index (χ0) is 10.9. The van der Waals surface area contributed by atoms with E-state index in [0.29, 0.717) is 10.6 Å². The lowest BCUT2D eigenvalue weighted by Gasteiger charge is -2.35. The van der Waals surface area contributed by atoms with Crippen LogP contribution in [0, 0.1) is 11.3 Å². The summed E-state index contributed by atoms with van der Waals surface area (Å²) in [5.41, 5.74) is 1.02. The summed E-state index contributed by atoms with van der Waals surface area (Å²) in [4.78, 5) is 10.7. The SMILES string of the molecule is N#CC1(c2cc(Cl)cc(C=O)c2)CCC1. The van der Waals surface area contributed by atoms with Gasteiger partial charge in [-0.05, 0) is 43.0 Å². The number of rotatable bonds is 2. The molecule has 0 heterocycles. The predicted molar refractivity (Wildman–Crippen MR) is 58.0 cm³/mol. The van der Waals surface area contributed by atoms with Crippen LogP contribution in [0.25, 0.3) is 0 Å². The first-order valence-electron chi connectivity index (χ1n) is 4.88. The zero-order valence-electron chi connectivity index (χ0n) is 8.16. The van der Waals surface area contributed by atoms with E-state index in [-0.39, 0.29) is 0 Å². The Balaban J connectivity index is 2.48. The second-order valence-electron chi connectivity index (χ2n) is 3.94. The summed E-state index contributed by atoms with van der Waals surface area (Å²) in [5, 5.41) is 9.69. The summed E-state index contributed by atoms with van der Waals surface area (Å²) in [6, 6.07) is 7.50. The topological polar surface area (TPSA) is 40.9 Å². The highest BCUT2D eigenvalue weighted by atomic mass is 35.5. The quantitative estimate of drug-likeness (QED) is 0.718. The Morgan fingerprint density at radius 2 is 2.13 bits per heavy atom. The van der Waals surface area contributed by atoms with Crippen LogP contribution in [-0.4, -0.2) is 6.29 Å². The average molecular weight is 220 g/mol. The highest BCUT2D eigenvalue weighted by Crippen LogP contribution is 2.43. The third kappa shape index (κ3) is 1.64. The fraction of sp³-hybridized carbons (Fsp3) is 0.333. The van der Waals surface area contributed by atoms with Gasteiger partial charge in [-0.25, -0.2) is 0 Å². The van der Waals surface area contributed by atoms with Crippen LogP contribution >= 0.6 is 11.6 Å². The molecule has 0 N–H and O–H groups in total. The Bertz CT molecular complexity index is 443. The molecule has 0 aromatic heterocycles. The molecular weight excluding hydrogens is 210 g/mol. The van der Waals surface area contributed by atoms with E-state index >= 15 is 0 Å². The number of nitrogens with zero attached hydrogens (tertiary/aromatic N) is 1. The van der Waals surface area contributed by atoms with Crippen LogP contribution < -0.4 is 0 Å². The van der Waals surface area contributed by atoms with Crippen molar-refractivity contribution in [3.63, 3.8) is 0 Å². The third-order valence-electron chi connectivity index (χ3n) is 3.03. The summed E-state index contributed by atoms with van der Waals surface area (Å²) < 4.78 is 0. The number of nitriles is 1. The number of aldehydes is 1. The summed E-state index contributed by atoms with van der Waals surface area (Å²) in [7, 11) is 0. The van der Waals surface area contributed by atoms with Crippen molar-refractivity contribution in [2.75, 3.05) is 0 Å². The van der Waals surface area contributed by atoms with Gasteiger partial charge in [0.25, 0.3) is 0 Å². The van der Waals surface area contributed by atoms with Crippen molar-refractivity contribution in [3.05, 3.63) is 34.3 Å². The smallest absolute Gasteiger partial charge is 0.150 e. The van der Waals surface area contributed by atoms with E-state index < -0.39 is 5.41 Å². The molecule has 1 saturated carbocycles. The first-order chi connectivity index (χ1) is 7.20. The third-order valence-corrected chi connectivity index (χ3v) is 3.25. The van der Waals surface area contributed by atoms with Gasteiger partial charge in [-0.1, -0.05) is 11.6 Å². The largest absolute Gasteiger partial charge is 0.298 e. The first kappa shape index (κ1) is 10.2. The van der Waals surface area contributed by atoms with Crippen LogP contribution in [0.4, 0.5) is 0 Å². The highest BCUT2D eigenvalue weighted by molar-refractivity contribution is 6.30. The molecule has 0 spiro atoms. The van der Waals surface area contributed by atoms with Gasteiger partial charge in [0.2, 0.25) is 0 Å². The van der Waals surface area contributed by atoms with Gasteiger partial charge in [-0.2, -0.15) is 5.26 Å². The number of hydrogen-bond acceptors (Lipinski definition) is 2. The Morgan fingerprint density at radius 3 is 2.60 bits per heavy atom. The van der Waals surface area contributed by atoms with Crippen molar-refractivity contribution in [2.45, 2.75) is 24.7 Å². The Kier molecular flexibility index (Phi) is 2.50. The molecule has 0 atom stereocenters. The van der Waals surface area contributed by atoms with Crippen molar-refractivity contribution < 1.29 is 4.79 Å². The standard InChI is InChI=1S/C12H10ClNO/c13-11-5-9(7-15)4-10(6-11)12(8-14)2-1-3-12/h4-7H,1-3H2. The zero-order valence-corrected chi connectivity index (χ0v) is 8.92. The summed E-state index contributed by atoms with van der Waals surface area (Å²) >= 11 is 5.90. The molecular formula is C12H10ClNO. The molecule has 0 saturated heterocycles. The summed E-state index contributed by atoms with van der Waals surface area (Å²) in [5.74, 6) is 0. The van der Waals surface area contributed by atoms with Gasteiger partial charge in [0.05, 0.1) is 11.5 Å². The van der Waals surface area contributed by atoms with Gasteiger partial charge >= 0.3 is 0 Å². The van der Waals surface area contributed by atoms with E-state index in [2.05, 4.69) is 6.07 Å². The average Bonchev–Trinajstić information content (AvgIpc) is 2.16. The number of hydrogen-bond donors (Lipinski definition) is 0. The second-order valence-corrected chi connectivity index (χ2v) is 4.37. The maximum Gasteiger partial charge on any atom is 0.150 e. The number of benzene rings is 1. The van der Waals surface area contributed by atoms with Crippen LogP contribution in [0.5, 0.6) is 0 Å². The molecule has 0 aliphatic heterocycles. The summed E-state index contributed by atoms with van der Waals surface area (Å²) in [6.45, 7) is 0. The van der Waals surface area contributed by atoms with Crippen LogP contribution in [0.3, 0.4) is 0 Å². The molecule has 0 amide bonds. The minimum Gasteiger partial charge on any atom is -0.298 e. The van der Waals surface area contributed by atoms with Crippen LogP contribution in [0.15, 0.2) is 18.2 Å². The lowest BCUT2D eigenvalue weighted by molar-refractivity contribution is 0.112. The monoisotopic (exact) mass is 219 g/mol. The molecule has 1 aromatic rings. The van der Waals surface area contributed by atoms with E-state index in [1.807, 2.05) is 0 Å². The van der Waals surface area contributed by atoms with E-state index in [9.17, 15) is 4.79 Å². The van der Waals surface area contributed by atoms with Crippen molar-refractivity contribution >= 4 is 17.9 Å². The first-order valence-corrected chi connectivity index (χ1v) is 5.25. The van der Waals surface area contributed by atoms with Gasteiger partial charge in [0, 0.05) is 10.6 Å². The Hall–Kier alpha value is -1.33. The van der Waals surface area contributed by atoms with E-state index in [4.69, 9.17) is 16.9 Å².